The number of pyridine rings is 2. The van der Waals surface area contributed by atoms with E-state index in [0.29, 0.717) is 29.9 Å². The number of hydrogen-bond acceptors (Lipinski definition) is 11. The Morgan fingerprint density at radius 3 is 2.61 bits per heavy atom. The van der Waals surface area contributed by atoms with E-state index in [2.05, 4.69) is 58.9 Å². The number of nitrogens with one attached hydrogen (secondary N) is 1. The molecule has 1 saturated heterocycles. The van der Waals surface area contributed by atoms with Gasteiger partial charge in [0.05, 0.1) is 5.56 Å². The number of nitrogens with zero attached hydrogens (tertiary/aromatic N) is 9. The first-order chi connectivity index (χ1) is 22.5. The molecule has 0 saturated carbocycles. The van der Waals surface area contributed by atoms with Crippen molar-refractivity contribution in [2.75, 3.05) is 42.6 Å². The largest absolute Gasteiger partial charge is 0.383 e. The second-order valence-corrected chi connectivity index (χ2v) is 11.5. The maximum absolute atomic E-state index is 10.7. The van der Waals surface area contributed by atoms with Gasteiger partial charge in [0.25, 0.3) is 0 Å². The molecule has 3 N–H and O–H groups in total. The quantitative estimate of drug-likeness (QED) is 0.149. The van der Waals surface area contributed by atoms with E-state index in [-0.39, 0.29) is 5.82 Å². The summed E-state index contributed by atoms with van der Waals surface area (Å²) in [5, 5.41) is 12.5. The van der Waals surface area contributed by atoms with E-state index in [0.717, 1.165) is 86.4 Å². The molecule has 0 bridgehead atoms. The standard InChI is InChI=1S/C34H37N11O/c1-43(18-3-2-4-21-46)31-12-11-28-34(42-31)45(33(40-28)27-6-5-16-38-32(27)36)26-9-7-24(8-10-26)23-44-19-14-25(15-20-44)39-29-13-17-37-30(22-35)41-29/h5-13,16-17,21,25H,2-4,14-15,18-20,23H2,1H3,(H2,36,38)(H,37,39,41). The van der Waals surface area contributed by atoms with Crippen LogP contribution in [0.25, 0.3) is 28.2 Å². The molecular weight excluding hydrogens is 578 g/mol. The predicted octanol–water partition coefficient (Wildman–Crippen LogP) is 4.61. The van der Waals surface area contributed by atoms with Crippen LogP contribution in [0.15, 0.2) is 67.0 Å². The van der Waals surface area contributed by atoms with Crippen LogP contribution in [0.3, 0.4) is 0 Å². The lowest BCUT2D eigenvalue weighted by molar-refractivity contribution is -0.107. The summed E-state index contributed by atoms with van der Waals surface area (Å²) in [4.78, 5) is 37.8. The van der Waals surface area contributed by atoms with Crippen LogP contribution >= 0.6 is 0 Å². The van der Waals surface area contributed by atoms with E-state index >= 15 is 0 Å². The zero-order valence-electron chi connectivity index (χ0n) is 25.9. The molecule has 0 atom stereocenters. The number of carbonyl (C=O) groups excluding carboxylic acids is 1. The fourth-order valence-corrected chi connectivity index (χ4v) is 5.83. The number of anilines is 3. The number of rotatable bonds is 12. The van der Waals surface area contributed by atoms with Gasteiger partial charge in [0.2, 0.25) is 5.82 Å². The third-order valence-corrected chi connectivity index (χ3v) is 8.32. The number of nitrogen functional groups attached to an aromatic ring is 1. The fourth-order valence-electron chi connectivity index (χ4n) is 5.83. The summed E-state index contributed by atoms with van der Waals surface area (Å²) < 4.78 is 2.05. The van der Waals surface area contributed by atoms with Crippen molar-refractivity contribution in [1.29, 1.82) is 5.26 Å². The van der Waals surface area contributed by atoms with Gasteiger partial charge >= 0.3 is 0 Å². The SMILES string of the molecule is CN(CCCCC=O)c1ccc2nc(-c3cccnc3N)n(-c3ccc(CN4CCC(Nc5ccnc(C#N)n5)CC4)cc3)c2n1. The van der Waals surface area contributed by atoms with E-state index in [1.807, 2.05) is 37.4 Å². The van der Waals surface area contributed by atoms with Gasteiger partial charge in [0.15, 0.2) is 11.5 Å². The van der Waals surface area contributed by atoms with E-state index in [4.69, 9.17) is 21.0 Å². The number of fused-ring (bicyclic) bond motifs is 1. The van der Waals surface area contributed by atoms with Crippen molar-refractivity contribution in [3.63, 3.8) is 0 Å². The molecule has 1 aliphatic heterocycles. The van der Waals surface area contributed by atoms with Crippen LogP contribution in [-0.4, -0.2) is 73.4 Å². The van der Waals surface area contributed by atoms with E-state index in [9.17, 15) is 4.79 Å². The summed E-state index contributed by atoms with van der Waals surface area (Å²) in [5.41, 5.74) is 10.7. The lowest BCUT2D eigenvalue weighted by Gasteiger charge is -2.32. The van der Waals surface area contributed by atoms with Crippen LogP contribution in [0.2, 0.25) is 0 Å². The number of nitrogens with two attached hydrogens (primary N) is 1. The van der Waals surface area contributed by atoms with Gasteiger partial charge in [-0.1, -0.05) is 12.1 Å². The van der Waals surface area contributed by atoms with E-state index in [1.165, 1.54) is 5.56 Å². The highest BCUT2D eigenvalue weighted by molar-refractivity contribution is 5.83. The second-order valence-electron chi connectivity index (χ2n) is 11.5. The molecule has 0 aliphatic carbocycles. The van der Waals surface area contributed by atoms with Gasteiger partial charge in [0, 0.05) is 63.8 Å². The summed E-state index contributed by atoms with van der Waals surface area (Å²) in [6.07, 6.45) is 8.57. The minimum absolute atomic E-state index is 0.177. The third kappa shape index (κ3) is 6.95. The minimum atomic E-state index is 0.177. The number of carbonyl (C=O) groups is 1. The Hall–Kier alpha value is -5.41. The maximum atomic E-state index is 10.7. The first-order valence-electron chi connectivity index (χ1n) is 15.6. The Kier molecular flexibility index (Phi) is 9.40. The van der Waals surface area contributed by atoms with Gasteiger partial charge in [-0.2, -0.15) is 5.26 Å². The molecule has 5 aromatic rings. The molecule has 12 nitrogen and oxygen atoms in total. The number of unbranched alkanes of at least 4 members (excludes halogenated alkanes) is 2. The smallest absolute Gasteiger partial charge is 0.234 e. The van der Waals surface area contributed by atoms with Crippen molar-refractivity contribution in [2.45, 2.75) is 44.7 Å². The summed E-state index contributed by atoms with van der Waals surface area (Å²) >= 11 is 0. The number of nitriles is 1. The number of hydrogen-bond donors (Lipinski definition) is 2. The Morgan fingerprint density at radius 2 is 1.85 bits per heavy atom. The van der Waals surface area contributed by atoms with Crippen LogP contribution in [0.1, 0.15) is 43.5 Å². The highest BCUT2D eigenvalue weighted by Gasteiger charge is 2.21. The van der Waals surface area contributed by atoms with Gasteiger partial charge in [-0.25, -0.2) is 24.9 Å². The molecule has 4 aromatic heterocycles. The van der Waals surface area contributed by atoms with Gasteiger partial charge in [-0.15, -0.1) is 0 Å². The third-order valence-electron chi connectivity index (χ3n) is 8.32. The first kappa shape index (κ1) is 30.6. The molecule has 1 aliphatic rings. The van der Waals surface area contributed by atoms with Gasteiger partial charge < -0.3 is 20.7 Å². The van der Waals surface area contributed by atoms with Crippen molar-refractivity contribution in [3.8, 4) is 23.1 Å². The van der Waals surface area contributed by atoms with Crippen LogP contribution < -0.4 is 16.0 Å². The normalized spacial score (nSPS) is 13.8. The lowest BCUT2D eigenvalue weighted by Crippen LogP contribution is -2.38. The molecule has 0 amide bonds. The minimum Gasteiger partial charge on any atom is -0.383 e. The van der Waals surface area contributed by atoms with Crippen molar-refractivity contribution < 1.29 is 4.79 Å². The van der Waals surface area contributed by atoms with Crippen molar-refractivity contribution in [1.82, 2.24) is 34.4 Å². The number of likely N-dealkylation sites (tertiary alicyclic amines) is 1. The molecule has 0 radical (unpaired) electrons. The molecule has 1 fully saturated rings. The molecule has 0 unspecified atom stereocenters. The van der Waals surface area contributed by atoms with Gasteiger partial charge in [0.1, 0.15) is 35.3 Å². The van der Waals surface area contributed by atoms with Gasteiger partial charge in [-0.05, 0) is 73.7 Å². The summed E-state index contributed by atoms with van der Waals surface area (Å²) in [6, 6.07) is 20.4. The Bertz CT molecular complexity index is 1840. The first-order valence-corrected chi connectivity index (χ1v) is 15.6. The Balaban J connectivity index is 1.20. The molecule has 0 spiro atoms. The Morgan fingerprint density at radius 1 is 1.02 bits per heavy atom. The van der Waals surface area contributed by atoms with Crippen LogP contribution in [-0.2, 0) is 11.3 Å². The number of aldehydes is 1. The second kappa shape index (κ2) is 14.1. The van der Waals surface area contributed by atoms with Crippen molar-refractivity contribution in [3.05, 3.63) is 78.4 Å². The highest BCUT2D eigenvalue weighted by Crippen LogP contribution is 2.31. The zero-order chi connectivity index (χ0) is 31.9. The van der Waals surface area contributed by atoms with E-state index < -0.39 is 0 Å². The summed E-state index contributed by atoms with van der Waals surface area (Å²) in [5.74, 6) is 2.81. The number of benzene rings is 1. The summed E-state index contributed by atoms with van der Waals surface area (Å²) in [6.45, 7) is 3.57. The zero-order valence-corrected chi connectivity index (χ0v) is 25.9. The molecule has 1 aromatic carbocycles. The molecule has 5 heterocycles. The molecule has 6 rings (SSSR count). The predicted molar refractivity (Wildman–Crippen MR) is 178 cm³/mol. The average Bonchev–Trinajstić information content (AvgIpc) is 3.46. The molecule has 234 valence electrons. The molecule has 12 heteroatoms. The average molecular weight is 616 g/mol. The highest BCUT2D eigenvalue weighted by atomic mass is 16.1. The monoisotopic (exact) mass is 615 g/mol. The molecular formula is C34H37N11O. The number of piperidine rings is 1. The number of aromatic nitrogens is 6. The van der Waals surface area contributed by atoms with Crippen molar-refractivity contribution in [2.24, 2.45) is 0 Å². The Labute approximate surface area is 268 Å². The van der Waals surface area contributed by atoms with E-state index in [1.54, 1.807) is 18.5 Å². The van der Waals surface area contributed by atoms with Crippen LogP contribution in [0.5, 0.6) is 0 Å². The number of imidazole rings is 1. The maximum Gasteiger partial charge on any atom is 0.234 e. The summed E-state index contributed by atoms with van der Waals surface area (Å²) in [7, 11) is 2.02. The van der Waals surface area contributed by atoms with Gasteiger partial charge in [-0.3, -0.25) is 9.47 Å². The van der Waals surface area contributed by atoms with Crippen LogP contribution in [0.4, 0.5) is 17.5 Å². The fraction of sp³-hybridized carbons (Fsp3) is 0.324. The topological polar surface area (TPSA) is 155 Å². The molecule has 46 heavy (non-hydrogen) atoms. The van der Waals surface area contributed by atoms with Crippen LogP contribution in [0, 0.1) is 11.3 Å². The lowest BCUT2D eigenvalue weighted by atomic mass is 10.0. The van der Waals surface area contributed by atoms with Crippen molar-refractivity contribution >= 4 is 34.9 Å².